The Labute approximate surface area is 198 Å². The molecule has 2 heterocycles. The highest BCUT2D eigenvalue weighted by molar-refractivity contribution is 5.93. The van der Waals surface area contributed by atoms with Crippen molar-refractivity contribution in [1.82, 2.24) is 25.3 Å². The summed E-state index contributed by atoms with van der Waals surface area (Å²) in [5.41, 5.74) is 1.05. The molecule has 0 aliphatic heterocycles. The average Bonchev–Trinajstić information content (AvgIpc) is 2.84. The molecule has 0 spiro atoms. The maximum absolute atomic E-state index is 12.8. The van der Waals surface area contributed by atoms with E-state index in [1.807, 2.05) is 0 Å². The smallest absolute Gasteiger partial charge is 0.470 e. The summed E-state index contributed by atoms with van der Waals surface area (Å²) in [6, 6.07) is 6.22. The third kappa shape index (κ3) is 6.63. The van der Waals surface area contributed by atoms with Crippen LogP contribution in [0.3, 0.4) is 0 Å². The van der Waals surface area contributed by atoms with E-state index in [9.17, 15) is 23.1 Å². The number of benzene rings is 1. The highest BCUT2D eigenvalue weighted by Crippen LogP contribution is 2.30. The number of nitrogens with one attached hydrogen (secondary N) is 1. The van der Waals surface area contributed by atoms with Crippen molar-refractivity contribution < 1.29 is 32.5 Å². The Balaban J connectivity index is 1.60. The topological polar surface area (TPSA) is 119 Å². The van der Waals surface area contributed by atoms with Crippen LogP contribution in [0, 0.1) is 0 Å². The van der Waals surface area contributed by atoms with Crippen LogP contribution in [0.5, 0.6) is 11.6 Å². The van der Waals surface area contributed by atoms with Crippen LogP contribution in [0.1, 0.15) is 41.9 Å². The highest BCUT2D eigenvalue weighted by Gasteiger charge is 2.31. The van der Waals surface area contributed by atoms with E-state index in [0.717, 1.165) is 25.0 Å². The van der Waals surface area contributed by atoms with E-state index in [1.54, 1.807) is 12.3 Å². The molecule has 1 aromatic carbocycles. The van der Waals surface area contributed by atoms with Gasteiger partial charge in [-0.25, -0.2) is 19.9 Å². The van der Waals surface area contributed by atoms with Crippen molar-refractivity contribution in [2.75, 3.05) is 0 Å². The summed E-state index contributed by atoms with van der Waals surface area (Å²) < 4.78 is 47.2. The van der Waals surface area contributed by atoms with Crippen LogP contribution in [-0.2, 0) is 6.61 Å². The molecule has 1 aliphatic rings. The summed E-state index contributed by atoms with van der Waals surface area (Å²) in [7, 11) is 0. The lowest BCUT2D eigenvalue weighted by Gasteiger charge is -2.28. The zero-order valence-electron chi connectivity index (χ0n) is 18.4. The van der Waals surface area contributed by atoms with Gasteiger partial charge in [0.15, 0.2) is 0 Å². The quantitative estimate of drug-likeness (QED) is 0.518. The number of rotatable bonds is 7. The third-order valence-corrected chi connectivity index (χ3v) is 5.38. The van der Waals surface area contributed by atoms with Crippen molar-refractivity contribution in [2.45, 2.75) is 50.8 Å². The monoisotopic (exact) mass is 489 g/mol. The van der Waals surface area contributed by atoms with Gasteiger partial charge in [-0.3, -0.25) is 4.79 Å². The molecule has 12 heteroatoms. The Hall–Kier alpha value is -3.80. The Morgan fingerprint density at radius 3 is 2.57 bits per heavy atom. The maximum Gasteiger partial charge on any atom is 0.573 e. The zero-order chi connectivity index (χ0) is 24.8. The number of amides is 1. The number of nitrogens with zero attached hydrogens (tertiary/aromatic N) is 4. The molecule has 35 heavy (non-hydrogen) atoms. The first-order valence-corrected chi connectivity index (χ1v) is 10.9. The minimum Gasteiger partial charge on any atom is -0.470 e. The Morgan fingerprint density at radius 2 is 1.89 bits per heavy atom. The van der Waals surface area contributed by atoms with Gasteiger partial charge in [0.2, 0.25) is 5.88 Å². The van der Waals surface area contributed by atoms with Crippen LogP contribution in [0.15, 0.2) is 49.1 Å². The minimum atomic E-state index is -4.82. The third-order valence-electron chi connectivity index (χ3n) is 5.38. The average molecular weight is 489 g/mol. The standard InChI is InChI=1S/C23H22F3N5O4/c24-23(25,26)35-16-7-5-14(6-8-16)20-22(34-12-15-9-10-27-13-29-15)28-11-18(30-20)21(33)31-17-3-1-2-4-19(17)32/h5-11,13,17,19,32H,1-4,12H2,(H,31,33)/t17-,19-/m1/s1. The van der Waals surface area contributed by atoms with E-state index in [1.165, 1.54) is 24.7 Å². The SMILES string of the molecule is O=C(N[C@@H]1CCCC[C@H]1O)c1cnc(OCc2ccncn2)c(-c2ccc(OC(F)(F)F)cc2)n1. The fourth-order valence-electron chi connectivity index (χ4n) is 3.66. The molecule has 2 N–H and O–H groups in total. The highest BCUT2D eigenvalue weighted by atomic mass is 19.4. The van der Waals surface area contributed by atoms with E-state index in [0.29, 0.717) is 24.1 Å². The van der Waals surface area contributed by atoms with E-state index in [2.05, 4.69) is 30.0 Å². The van der Waals surface area contributed by atoms with Crippen LogP contribution in [0.2, 0.25) is 0 Å². The number of aliphatic hydroxyl groups excluding tert-OH is 1. The largest absolute Gasteiger partial charge is 0.573 e. The molecule has 1 amide bonds. The van der Waals surface area contributed by atoms with Crippen molar-refractivity contribution in [1.29, 1.82) is 0 Å². The summed E-state index contributed by atoms with van der Waals surface area (Å²) in [6.45, 7) is 0.0271. The van der Waals surface area contributed by atoms with Crippen LogP contribution in [0.25, 0.3) is 11.3 Å². The van der Waals surface area contributed by atoms with Gasteiger partial charge in [0.1, 0.15) is 30.1 Å². The summed E-state index contributed by atoms with van der Waals surface area (Å²) in [6.07, 6.45) is 1.71. The van der Waals surface area contributed by atoms with E-state index >= 15 is 0 Å². The van der Waals surface area contributed by atoms with Gasteiger partial charge in [0, 0.05) is 11.8 Å². The lowest BCUT2D eigenvalue weighted by Crippen LogP contribution is -2.45. The molecule has 0 radical (unpaired) electrons. The van der Waals surface area contributed by atoms with Crippen molar-refractivity contribution in [3.05, 3.63) is 60.4 Å². The molecule has 184 valence electrons. The van der Waals surface area contributed by atoms with Gasteiger partial charge in [0.25, 0.3) is 5.91 Å². The molecule has 3 aromatic rings. The molecule has 1 saturated carbocycles. The maximum atomic E-state index is 12.8. The summed E-state index contributed by atoms with van der Waals surface area (Å²) in [5, 5.41) is 12.9. The summed E-state index contributed by atoms with van der Waals surface area (Å²) in [5.74, 6) is -0.871. The molecule has 1 fully saturated rings. The minimum absolute atomic E-state index is 0.0252. The van der Waals surface area contributed by atoms with Gasteiger partial charge < -0.3 is 19.9 Å². The van der Waals surface area contributed by atoms with Gasteiger partial charge in [-0.1, -0.05) is 12.8 Å². The van der Waals surface area contributed by atoms with E-state index < -0.39 is 30.2 Å². The summed E-state index contributed by atoms with van der Waals surface area (Å²) in [4.78, 5) is 29.3. The van der Waals surface area contributed by atoms with Crippen molar-refractivity contribution in [3.63, 3.8) is 0 Å². The number of hydrogen-bond donors (Lipinski definition) is 2. The zero-order valence-corrected chi connectivity index (χ0v) is 18.4. The number of halogens is 3. The number of carbonyl (C=O) groups is 1. The van der Waals surface area contributed by atoms with Gasteiger partial charge in [-0.15, -0.1) is 13.2 Å². The number of aliphatic hydroxyl groups is 1. The summed E-state index contributed by atoms with van der Waals surface area (Å²) >= 11 is 0. The first kappa shape index (κ1) is 24.3. The molecule has 2 atom stereocenters. The van der Waals surface area contributed by atoms with Crippen molar-refractivity contribution in [3.8, 4) is 22.9 Å². The predicted molar refractivity (Wildman–Crippen MR) is 116 cm³/mol. The molecule has 1 aliphatic carbocycles. The van der Waals surface area contributed by atoms with Crippen LogP contribution in [0.4, 0.5) is 13.2 Å². The van der Waals surface area contributed by atoms with Gasteiger partial charge in [0.05, 0.1) is 24.0 Å². The number of alkyl halides is 3. The second-order valence-electron chi connectivity index (χ2n) is 7.90. The van der Waals surface area contributed by atoms with Crippen LogP contribution < -0.4 is 14.8 Å². The molecule has 9 nitrogen and oxygen atoms in total. The Kier molecular flexibility index (Phi) is 7.39. The molecular formula is C23H22F3N5O4. The van der Waals surface area contributed by atoms with Crippen LogP contribution >= 0.6 is 0 Å². The number of ether oxygens (including phenoxy) is 2. The lowest BCUT2D eigenvalue weighted by molar-refractivity contribution is -0.274. The van der Waals surface area contributed by atoms with Gasteiger partial charge in [-0.2, -0.15) is 0 Å². The number of hydrogen-bond acceptors (Lipinski definition) is 8. The second-order valence-corrected chi connectivity index (χ2v) is 7.90. The van der Waals surface area contributed by atoms with Gasteiger partial charge >= 0.3 is 6.36 Å². The molecule has 2 aromatic heterocycles. The lowest BCUT2D eigenvalue weighted by atomic mass is 9.92. The van der Waals surface area contributed by atoms with Crippen molar-refractivity contribution in [2.24, 2.45) is 0 Å². The molecular weight excluding hydrogens is 467 g/mol. The molecule has 0 unspecified atom stereocenters. The Bertz CT molecular complexity index is 1150. The fourth-order valence-corrected chi connectivity index (χ4v) is 3.66. The Morgan fingerprint density at radius 1 is 1.11 bits per heavy atom. The van der Waals surface area contributed by atoms with Crippen molar-refractivity contribution >= 4 is 5.91 Å². The normalized spacial score (nSPS) is 18.1. The number of carbonyl (C=O) groups excluding carboxylic acids is 1. The van der Waals surface area contributed by atoms with E-state index in [4.69, 9.17) is 4.74 Å². The predicted octanol–water partition coefficient (Wildman–Crippen LogP) is 3.44. The molecule has 0 bridgehead atoms. The van der Waals surface area contributed by atoms with Gasteiger partial charge in [-0.05, 0) is 43.2 Å². The molecule has 0 saturated heterocycles. The van der Waals surface area contributed by atoms with Crippen LogP contribution in [-0.4, -0.2) is 49.5 Å². The fraction of sp³-hybridized carbons (Fsp3) is 0.348. The second kappa shape index (κ2) is 10.6. The number of aromatic nitrogens is 4. The molecule has 4 rings (SSSR count). The first-order chi connectivity index (χ1) is 16.8. The first-order valence-electron chi connectivity index (χ1n) is 10.9. The van der Waals surface area contributed by atoms with E-state index in [-0.39, 0.29) is 23.9 Å².